The molecule has 2 unspecified atom stereocenters. The number of fused-ring (bicyclic) bond motifs is 1. The van der Waals surface area contributed by atoms with E-state index >= 15 is 0 Å². The van der Waals surface area contributed by atoms with Crippen LogP contribution in [0.3, 0.4) is 0 Å². The minimum absolute atomic E-state index is 0.221. The molecule has 0 amide bonds. The molecule has 2 aliphatic rings. The van der Waals surface area contributed by atoms with Crippen LogP contribution >= 0.6 is 15.9 Å². The van der Waals surface area contributed by atoms with Crippen molar-refractivity contribution in [2.75, 3.05) is 0 Å². The van der Waals surface area contributed by atoms with Gasteiger partial charge in [-0.3, -0.25) is 4.98 Å². The van der Waals surface area contributed by atoms with Gasteiger partial charge < -0.3 is 9.40 Å². The Morgan fingerprint density at radius 3 is 3.00 bits per heavy atom. The number of allylic oxidation sites excluding steroid dienone is 1. The summed E-state index contributed by atoms with van der Waals surface area (Å²) < 4.78 is 3.20. The third kappa shape index (κ3) is 2.52. The molecule has 124 valence electrons. The van der Waals surface area contributed by atoms with Crippen molar-refractivity contribution in [3.63, 3.8) is 0 Å². The van der Waals surface area contributed by atoms with E-state index in [1.165, 1.54) is 12.8 Å². The SMILES string of the molecule is CC1=CC(C)(c2cnc3c(Br)cn(C(CC#N)C4CC4)c3c2)NO1. The number of hydroxylamine groups is 1. The fourth-order valence-corrected chi connectivity index (χ4v) is 4.03. The molecule has 0 spiro atoms. The van der Waals surface area contributed by atoms with Gasteiger partial charge in [-0.25, -0.2) is 0 Å². The van der Waals surface area contributed by atoms with Crippen LogP contribution in [0.15, 0.2) is 34.8 Å². The van der Waals surface area contributed by atoms with E-state index in [-0.39, 0.29) is 6.04 Å². The fraction of sp³-hybridized carbons (Fsp3) is 0.444. The zero-order chi connectivity index (χ0) is 16.9. The van der Waals surface area contributed by atoms with Crippen LogP contribution < -0.4 is 5.48 Å². The van der Waals surface area contributed by atoms with Crippen LogP contribution in [0.25, 0.3) is 11.0 Å². The van der Waals surface area contributed by atoms with Gasteiger partial charge in [0.2, 0.25) is 0 Å². The number of aromatic nitrogens is 2. The molecule has 1 aliphatic heterocycles. The van der Waals surface area contributed by atoms with Gasteiger partial charge in [0.05, 0.1) is 28.0 Å². The predicted octanol–water partition coefficient (Wildman–Crippen LogP) is 4.32. The van der Waals surface area contributed by atoms with Crippen molar-refractivity contribution in [3.05, 3.63) is 40.3 Å². The lowest BCUT2D eigenvalue weighted by Gasteiger charge is -2.22. The van der Waals surface area contributed by atoms with Crippen LogP contribution in [0.1, 0.15) is 44.7 Å². The van der Waals surface area contributed by atoms with Crippen molar-refractivity contribution < 1.29 is 4.84 Å². The quantitative estimate of drug-likeness (QED) is 0.849. The van der Waals surface area contributed by atoms with Crippen LogP contribution in [0, 0.1) is 17.2 Å². The van der Waals surface area contributed by atoms with Crippen molar-refractivity contribution in [2.45, 2.75) is 44.7 Å². The predicted molar refractivity (Wildman–Crippen MR) is 94.8 cm³/mol. The molecule has 0 aromatic carbocycles. The van der Waals surface area contributed by atoms with Crippen molar-refractivity contribution >= 4 is 27.0 Å². The molecule has 0 saturated heterocycles. The Kier molecular flexibility index (Phi) is 3.66. The second-order valence-electron chi connectivity index (χ2n) is 6.90. The van der Waals surface area contributed by atoms with Gasteiger partial charge >= 0.3 is 0 Å². The molecule has 4 rings (SSSR count). The van der Waals surface area contributed by atoms with Crippen molar-refractivity contribution in [3.8, 4) is 6.07 Å². The first kappa shape index (κ1) is 15.7. The highest BCUT2D eigenvalue weighted by molar-refractivity contribution is 9.10. The standard InChI is InChI=1S/C18H19BrN4O/c1-11-8-18(2,22-24-11)13-7-16-17(21-9-13)14(19)10-23(16)15(5-6-20)12-3-4-12/h7-10,12,15,22H,3-5H2,1-2H3. The summed E-state index contributed by atoms with van der Waals surface area (Å²) >= 11 is 3.62. The Labute approximate surface area is 149 Å². The van der Waals surface area contributed by atoms with E-state index < -0.39 is 5.54 Å². The highest BCUT2D eigenvalue weighted by Gasteiger charge is 2.35. The Morgan fingerprint density at radius 1 is 1.58 bits per heavy atom. The highest BCUT2D eigenvalue weighted by Crippen LogP contribution is 2.44. The number of nitriles is 1. The molecule has 24 heavy (non-hydrogen) atoms. The number of nitrogens with one attached hydrogen (secondary N) is 1. The summed E-state index contributed by atoms with van der Waals surface area (Å²) in [6.07, 6.45) is 8.95. The average Bonchev–Trinajstić information content (AvgIpc) is 3.27. The second-order valence-corrected chi connectivity index (χ2v) is 7.76. The van der Waals surface area contributed by atoms with Gasteiger partial charge in [0.15, 0.2) is 0 Å². The summed E-state index contributed by atoms with van der Waals surface area (Å²) in [5.41, 5.74) is 5.73. The summed E-state index contributed by atoms with van der Waals surface area (Å²) in [5.74, 6) is 1.45. The molecule has 5 nitrogen and oxygen atoms in total. The molecule has 1 saturated carbocycles. The number of halogens is 1. The summed E-state index contributed by atoms with van der Waals surface area (Å²) in [6.45, 7) is 4.00. The van der Waals surface area contributed by atoms with Gasteiger partial charge in [-0.05, 0) is 66.2 Å². The van der Waals surface area contributed by atoms with E-state index in [1.807, 2.05) is 13.1 Å². The maximum Gasteiger partial charge on any atom is 0.119 e. The lowest BCUT2D eigenvalue weighted by molar-refractivity contribution is 0.0852. The molecular formula is C18H19BrN4O. The Hall–Kier alpha value is -1.84. The zero-order valence-electron chi connectivity index (χ0n) is 13.7. The smallest absolute Gasteiger partial charge is 0.119 e. The summed E-state index contributed by atoms with van der Waals surface area (Å²) in [6, 6.07) is 4.73. The first-order valence-corrected chi connectivity index (χ1v) is 8.98. The van der Waals surface area contributed by atoms with Crippen LogP contribution in [0.5, 0.6) is 0 Å². The Bertz CT molecular complexity index is 877. The third-order valence-corrected chi connectivity index (χ3v) is 5.54. The minimum Gasteiger partial charge on any atom is -0.413 e. The number of hydrogen-bond donors (Lipinski definition) is 1. The van der Waals surface area contributed by atoms with Crippen LogP contribution in [-0.2, 0) is 10.4 Å². The first-order chi connectivity index (χ1) is 11.5. The van der Waals surface area contributed by atoms with E-state index in [4.69, 9.17) is 4.84 Å². The maximum atomic E-state index is 9.23. The van der Waals surface area contributed by atoms with Crippen LogP contribution in [0.2, 0.25) is 0 Å². The maximum absolute atomic E-state index is 9.23. The summed E-state index contributed by atoms with van der Waals surface area (Å²) in [4.78, 5) is 10.1. The summed E-state index contributed by atoms with van der Waals surface area (Å²) in [7, 11) is 0. The average molecular weight is 387 g/mol. The lowest BCUT2D eigenvalue weighted by Crippen LogP contribution is -2.32. The molecule has 6 heteroatoms. The van der Waals surface area contributed by atoms with Crippen molar-refractivity contribution in [1.29, 1.82) is 5.26 Å². The normalized spacial score (nSPS) is 24.5. The molecule has 3 heterocycles. The van der Waals surface area contributed by atoms with Crippen molar-refractivity contribution in [2.24, 2.45) is 5.92 Å². The monoisotopic (exact) mass is 386 g/mol. The van der Waals surface area contributed by atoms with E-state index in [1.54, 1.807) is 0 Å². The Morgan fingerprint density at radius 2 is 2.38 bits per heavy atom. The Balaban J connectivity index is 1.84. The molecular weight excluding hydrogens is 368 g/mol. The second kappa shape index (κ2) is 5.61. The fourth-order valence-electron chi connectivity index (χ4n) is 3.51. The third-order valence-electron chi connectivity index (χ3n) is 4.96. The van der Waals surface area contributed by atoms with Crippen molar-refractivity contribution in [1.82, 2.24) is 15.0 Å². The van der Waals surface area contributed by atoms with Crippen LogP contribution in [-0.4, -0.2) is 9.55 Å². The van der Waals surface area contributed by atoms with Gasteiger partial charge in [0.1, 0.15) is 11.3 Å². The van der Waals surface area contributed by atoms with E-state index in [2.05, 4.69) is 62.3 Å². The molecule has 2 atom stereocenters. The van der Waals surface area contributed by atoms with Gasteiger partial charge in [0.25, 0.3) is 0 Å². The summed E-state index contributed by atoms with van der Waals surface area (Å²) in [5, 5.41) is 9.23. The molecule has 1 N–H and O–H groups in total. The molecule has 1 fully saturated rings. The van der Waals surface area contributed by atoms with Gasteiger partial charge in [0, 0.05) is 18.4 Å². The number of nitrogens with zero attached hydrogens (tertiary/aromatic N) is 3. The minimum atomic E-state index is -0.392. The molecule has 0 bridgehead atoms. The number of pyridine rings is 1. The topological polar surface area (TPSA) is 62.9 Å². The molecule has 2 aromatic rings. The lowest BCUT2D eigenvalue weighted by atomic mass is 9.94. The van der Waals surface area contributed by atoms with Gasteiger partial charge in [-0.15, -0.1) is 5.48 Å². The highest BCUT2D eigenvalue weighted by atomic mass is 79.9. The van der Waals surface area contributed by atoms with Crippen LogP contribution in [0.4, 0.5) is 0 Å². The molecule has 1 aliphatic carbocycles. The number of hydrogen-bond acceptors (Lipinski definition) is 4. The van der Waals surface area contributed by atoms with E-state index in [9.17, 15) is 5.26 Å². The zero-order valence-corrected chi connectivity index (χ0v) is 15.3. The number of rotatable bonds is 4. The molecule has 2 aromatic heterocycles. The van der Waals surface area contributed by atoms with E-state index in [0.717, 1.165) is 26.8 Å². The largest absolute Gasteiger partial charge is 0.413 e. The first-order valence-electron chi connectivity index (χ1n) is 8.19. The molecule has 0 radical (unpaired) electrons. The van der Waals surface area contributed by atoms with E-state index in [0.29, 0.717) is 12.3 Å². The van der Waals surface area contributed by atoms with Gasteiger partial charge in [-0.1, -0.05) is 0 Å². The van der Waals surface area contributed by atoms with Gasteiger partial charge in [-0.2, -0.15) is 5.26 Å².